The molecule has 0 radical (unpaired) electrons. The lowest BCUT2D eigenvalue weighted by Crippen LogP contribution is -2.01. The summed E-state index contributed by atoms with van der Waals surface area (Å²) in [6, 6.07) is 5.26. The second kappa shape index (κ2) is 5.10. The molecule has 0 fully saturated rings. The average Bonchev–Trinajstić information content (AvgIpc) is 2.28. The third-order valence-electron chi connectivity index (χ3n) is 2.45. The van der Waals surface area contributed by atoms with Gasteiger partial charge in [0.2, 0.25) is 0 Å². The lowest BCUT2D eigenvalue weighted by Gasteiger charge is -2.09. The van der Waals surface area contributed by atoms with E-state index < -0.39 is 11.6 Å². The van der Waals surface area contributed by atoms with E-state index >= 15 is 0 Å². The fraction of sp³-hybridized carbons (Fsp3) is 0.231. The highest BCUT2D eigenvalue weighted by Gasteiger charge is 2.15. The molecule has 0 amide bonds. The number of hydrogen-bond donors (Lipinski definition) is 0. The Morgan fingerprint density at radius 3 is 2.28 bits per heavy atom. The lowest BCUT2D eigenvalue weighted by atomic mass is 10.1. The van der Waals surface area contributed by atoms with E-state index in [1.807, 2.05) is 13.8 Å². The SMILES string of the molecule is CC(C)c1nc(Br)cc(-c2c(F)cccc2F)n1. The Morgan fingerprint density at radius 1 is 1.11 bits per heavy atom. The van der Waals surface area contributed by atoms with Gasteiger partial charge >= 0.3 is 0 Å². The zero-order chi connectivity index (χ0) is 13.3. The Balaban J connectivity index is 2.64. The largest absolute Gasteiger partial charge is 0.232 e. The first-order valence-corrected chi connectivity index (χ1v) is 6.27. The average molecular weight is 313 g/mol. The number of nitrogens with zero attached hydrogens (tertiary/aromatic N) is 2. The molecule has 0 aliphatic rings. The van der Waals surface area contributed by atoms with E-state index in [2.05, 4.69) is 25.9 Å². The summed E-state index contributed by atoms with van der Waals surface area (Å²) in [5, 5.41) is 0. The molecular weight excluding hydrogens is 302 g/mol. The maximum absolute atomic E-state index is 13.7. The Hall–Kier alpha value is -1.36. The van der Waals surface area contributed by atoms with Crippen molar-refractivity contribution in [2.45, 2.75) is 19.8 Å². The first kappa shape index (κ1) is 13.1. The predicted molar refractivity (Wildman–Crippen MR) is 69.2 cm³/mol. The van der Waals surface area contributed by atoms with Crippen LogP contribution in [0.2, 0.25) is 0 Å². The van der Waals surface area contributed by atoms with E-state index in [9.17, 15) is 8.78 Å². The van der Waals surface area contributed by atoms with Gasteiger partial charge in [0, 0.05) is 5.92 Å². The van der Waals surface area contributed by atoms with Crippen molar-refractivity contribution in [1.82, 2.24) is 9.97 Å². The van der Waals surface area contributed by atoms with Crippen molar-refractivity contribution in [2.75, 3.05) is 0 Å². The van der Waals surface area contributed by atoms with Gasteiger partial charge in [-0.3, -0.25) is 0 Å². The Bertz CT molecular complexity index is 565. The molecular formula is C13H11BrF2N2. The van der Waals surface area contributed by atoms with Gasteiger partial charge < -0.3 is 0 Å². The van der Waals surface area contributed by atoms with Crippen molar-refractivity contribution >= 4 is 15.9 Å². The third-order valence-corrected chi connectivity index (χ3v) is 2.85. The molecule has 94 valence electrons. The van der Waals surface area contributed by atoms with E-state index in [0.29, 0.717) is 10.4 Å². The summed E-state index contributed by atoms with van der Waals surface area (Å²) in [6.45, 7) is 3.84. The molecule has 18 heavy (non-hydrogen) atoms. The molecule has 0 unspecified atom stereocenters. The van der Waals surface area contributed by atoms with E-state index in [0.717, 1.165) is 0 Å². The summed E-state index contributed by atoms with van der Waals surface area (Å²) in [7, 11) is 0. The quantitative estimate of drug-likeness (QED) is 0.772. The first-order valence-electron chi connectivity index (χ1n) is 5.48. The maximum Gasteiger partial charge on any atom is 0.135 e. The van der Waals surface area contributed by atoms with Gasteiger partial charge in [-0.15, -0.1) is 0 Å². The number of rotatable bonds is 2. The van der Waals surface area contributed by atoms with Crippen LogP contribution >= 0.6 is 15.9 Å². The van der Waals surface area contributed by atoms with Gasteiger partial charge in [0.05, 0.1) is 11.3 Å². The van der Waals surface area contributed by atoms with Crippen molar-refractivity contribution in [3.05, 3.63) is 46.3 Å². The van der Waals surface area contributed by atoms with Crippen LogP contribution in [0.1, 0.15) is 25.6 Å². The van der Waals surface area contributed by atoms with Crippen LogP contribution in [0, 0.1) is 11.6 Å². The van der Waals surface area contributed by atoms with Crippen LogP contribution in [0.4, 0.5) is 8.78 Å². The molecule has 0 atom stereocenters. The van der Waals surface area contributed by atoms with Crippen molar-refractivity contribution < 1.29 is 8.78 Å². The molecule has 2 rings (SSSR count). The van der Waals surface area contributed by atoms with E-state index in [1.54, 1.807) is 0 Å². The molecule has 5 heteroatoms. The zero-order valence-electron chi connectivity index (χ0n) is 9.92. The molecule has 1 aromatic heterocycles. The van der Waals surface area contributed by atoms with Gasteiger partial charge in [0.15, 0.2) is 0 Å². The zero-order valence-corrected chi connectivity index (χ0v) is 11.5. The normalized spacial score (nSPS) is 11.0. The summed E-state index contributed by atoms with van der Waals surface area (Å²) in [4.78, 5) is 8.38. The molecule has 0 bridgehead atoms. The smallest absolute Gasteiger partial charge is 0.135 e. The van der Waals surface area contributed by atoms with Crippen LogP contribution < -0.4 is 0 Å². The van der Waals surface area contributed by atoms with Gasteiger partial charge in [-0.2, -0.15) is 0 Å². The molecule has 0 spiro atoms. The molecule has 0 saturated heterocycles. The first-order chi connectivity index (χ1) is 8.49. The second-order valence-corrected chi connectivity index (χ2v) is 5.00. The van der Waals surface area contributed by atoms with Crippen LogP contribution in [0.15, 0.2) is 28.9 Å². The topological polar surface area (TPSA) is 25.8 Å². The minimum absolute atomic E-state index is 0.0797. The molecule has 0 aliphatic carbocycles. The van der Waals surface area contributed by atoms with E-state index in [1.165, 1.54) is 24.3 Å². The highest BCUT2D eigenvalue weighted by Crippen LogP contribution is 2.27. The Morgan fingerprint density at radius 2 is 1.72 bits per heavy atom. The molecule has 0 N–H and O–H groups in total. The summed E-state index contributed by atoms with van der Waals surface area (Å²) >= 11 is 3.23. The maximum atomic E-state index is 13.7. The van der Waals surface area contributed by atoms with Gasteiger partial charge in [0.1, 0.15) is 22.1 Å². The van der Waals surface area contributed by atoms with Gasteiger partial charge in [-0.05, 0) is 34.1 Å². The molecule has 1 aromatic carbocycles. The minimum atomic E-state index is -0.629. The summed E-state index contributed by atoms with van der Waals surface area (Å²) in [5.41, 5.74) is 0.124. The minimum Gasteiger partial charge on any atom is -0.232 e. The van der Waals surface area contributed by atoms with Crippen molar-refractivity contribution in [2.24, 2.45) is 0 Å². The number of hydrogen-bond acceptors (Lipinski definition) is 2. The fourth-order valence-corrected chi connectivity index (χ4v) is 1.96. The van der Waals surface area contributed by atoms with Gasteiger partial charge in [0.25, 0.3) is 0 Å². The lowest BCUT2D eigenvalue weighted by molar-refractivity contribution is 0.588. The molecule has 2 aromatic rings. The number of aromatic nitrogens is 2. The van der Waals surface area contributed by atoms with E-state index in [4.69, 9.17) is 0 Å². The molecule has 0 aliphatic heterocycles. The summed E-state index contributed by atoms with van der Waals surface area (Å²) in [6.07, 6.45) is 0. The van der Waals surface area contributed by atoms with Gasteiger partial charge in [-0.25, -0.2) is 18.7 Å². The number of benzene rings is 1. The molecule has 0 saturated carbocycles. The monoisotopic (exact) mass is 312 g/mol. The van der Waals surface area contributed by atoms with Crippen LogP contribution in [-0.2, 0) is 0 Å². The van der Waals surface area contributed by atoms with Crippen LogP contribution in [-0.4, -0.2) is 9.97 Å². The summed E-state index contributed by atoms with van der Waals surface area (Å²) < 4.78 is 27.9. The predicted octanol–water partition coefficient (Wildman–Crippen LogP) is 4.31. The standard InChI is InChI=1S/C13H11BrF2N2/c1-7(2)13-17-10(6-11(14)18-13)12-8(15)4-3-5-9(12)16/h3-7H,1-2H3. The number of halogens is 3. The second-order valence-electron chi connectivity index (χ2n) is 4.19. The Labute approximate surface area is 112 Å². The summed E-state index contributed by atoms with van der Waals surface area (Å²) in [5.74, 6) is -0.635. The van der Waals surface area contributed by atoms with Gasteiger partial charge in [-0.1, -0.05) is 19.9 Å². The Kier molecular flexibility index (Phi) is 3.71. The van der Waals surface area contributed by atoms with Crippen LogP contribution in [0.25, 0.3) is 11.3 Å². The molecule has 1 heterocycles. The van der Waals surface area contributed by atoms with Crippen LogP contribution in [0.3, 0.4) is 0 Å². The van der Waals surface area contributed by atoms with Crippen molar-refractivity contribution in [1.29, 1.82) is 0 Å². The fourth-order valence-electron chi connectivity index (χ4n) is 1.56. The molecule has 2 nitrogen and oxygen atoms in total. The highest BCUT2D eigenvalue weighted by atomic mass is 79.9. The van der Waals surface area contributed by atoms with Crippen LogP contribution in [0.5, 0.6) is 0 Å². The van der Waals surface area contributed by atoms with Crippen molar-refractivity contribution in [3.63, 3.8) is 0 Å². The van der Waals surface area contributed by atoms with E-state index in [-0.39, 0.29) is 17.2 Å². The third kappa shape index (κ3) is 2.56. The highest BCUT2D eigenvalue weighted by molar-refractivity contribution is 9.10. The van der Waals surface area contributed by atoms with Crippen molar-refractivity contribution in [3.8, 4) is 11.3 Å².